The molecular weight excluding hydrogens is 653 g/mol. The van der Waals surface area contributed by atoms with Gasteiger partial charge in [-0.3, -0.25) is 13.9 Å². The standard InChI is InChI=1S/C37H41Cl2N3O4S/c1-5-6-20-40-37(44)35(22-29-10-8-7-9-11-29)41(24-30-15-16-31(38)23-33(30)39)36(43)25-42(34-19-14-27(3)21-28(34)4)47(45,46)32-17-12-26(2)13-18-32/h7-19,21,23,35H,5-6,20,22,24-25H2,1-4H3,(H,40,44)/t35-/m1/s1. The molecular formula is C37H41Cl2N3O4S. The van der Waals surface area contributed by atoms with Crippen LogP contribution in [0.3, 0.4) is 0 Å². The van der Waals surface area contributed by atoms with Crippen molar-refractivity contribution in [1.82, 2.24) is 10.2 Å². The molecule has 0 aliphatic rings. The Morgan fingerprint density at radius 1 is 0.851 bits per heavy atom. The van der Waals surface area contributed by atoms with Crippen molar-refractivity contribution in [2.75, 3.05) is 17.4 Å². The van der Waals surface area contributed by atoms with Gasteiger partial charge in [-0.25, -0.2) is 8.42 Å². The molecule has 47 heavy (non-hydrogen) atoms. The minimum atomic E-state index is -4.20. The Labute approximate surface area is 288 Å². The molecule has 0 aliphatic heterocycles. The summed E-state index contributed by atoms with van der Waals surface area (Å²) in [4.78, 5) is 30.1. The van der Waals surface area contributed by atoms with Gasteiger partial charge < -0.3 is 10.2 Å². The van der Waals surface area contributed by atoms with Gasteiger partial charge in [0.1, 0.15) is 12.6 Å². The highest BCUT2D eigenvalue weighted by atomic mass is 35.5. The van der Waals surface area contributed by atoms with Crippen LogP contribution >= 0.6 is 23.2 Å². The van der Waals surface area contributed by atoms with Crippen molar-refractivity contribution in [2.24, 2.45) is 0 Å². The molecule has 7 nitrogen and oxygen atoms in total. The van der Waals surface area contributed by atoms with E-state index in [0.717, 1.165) is 33.8 Å². The average molecular weight is 695 g/mol. The van der Waals surface area contributed by atoms with Gasteiger partial charge in [-0.2, -0.15) is 0 Å². The summed E-state index contributed by atoms with van der Waals surface area (Å²) in [5, 5.41) is 3.75. The molecule has 0 saturated heterocycles. The highest BCUT2D eigenvalue weighted by molar-refractivity contribution is 7.92. The van der Waals surface area contributed by atoms with Crippen molar-refractivity contribution in [3.05, 3.63) is 129 Å². The predicted octanol–water partition coefficient (Wildman–Crippen LogP) is 7.67. The number of rotatable bonds is 14. The van der Waals surface area contributed by atoms with Crippen molar-refractivity contribution >= 4 is 50.7 Å². The van der Waals surface area contributed by atoms with Crippen LogP contribution in [0.25, 0.3) is 0 Å². The largest absolute Gasteiger partial charge is 0.354 e. The second-order valence-corrected chi connectivity index (χ2v) is 14.4. The van der Waals surface area contributed by atoms with Crippen LogP contribution in [0.1, 0.15) is 47.6 Å². The first-order valence-corrected chi connectivity index (χ1v) is 17.8. The summed E-state index contributed by atoms with van der Waals surface area (Å²) in [5.74, 6) is -0.890. The highest BCUT2D eigenvalue weighted by Gasteiger charge is 2.35. The first kappa shape index (κ1) is 36.0. The monoisotopic (exact) mass is 693 g/mol. The molecule has 0 aromatic heterocycles. The third-order valence-electron chi connectivity index (χ3n) is 7.97. The van der Waals surface area contributed by atoms with Crippen LogP contribution in [-0.4, -0.2) is 44.3 Å². The Balaban J connectivity index is 1.83. The number of aryl methyl sites for hydroxylation is 3. The highest BCUT2D eigenvalue weighted by Crippen LogP contribution is 2.29. The molecule has 0 heterocycles. The van der Waals surface area contributed by atoms with E-state index in [4.69, 9.17) is 23.2 Å². The molecule has 0 radical (unpaired) electrons. The van der Waals surface area contributed by atoms with Gasteiger partial charge in [-0.15, -0.1) is 0 Å². The van der Waals surface area contributed by atoms with Gasteiger partial charge in [-0.05, 0) is 74.2 Å². The summed E-state index contributed by atoms with van der Waals surface area (Å²) in [7, 11) is -4.20. The van der Waals surface area contributed by atoms with Crippen LogP contribution in [0.2, 0.25) is 10.0 Å². The Morgan fingerprint density at radius 2 is 1.53 bits per heavy atom. The summed E-state index contributed by atoms with van der Waals surface area (Å²) < 4.78 is 29.7. The molecule has 0 bridgehead atoms. The van der Waals surface area contributed by atoms with Gasteiger partial charge in [0.25, 0.3) is 10.0 Å². The zero-order chi connectivity index (χ0) is 34.1. The third-order valence-corrected chi connectivity index (χ3v) is 10.3. The van der Waals surface area contributed by atoms with Crippen molar-refractivity contribution in [3.63, 3.8) is 0 Å². The number of benzene rings is 4. The van der Waals surface area contributed by atoms with Crippen molar-refractivity contribution in [3.8, 4) is 0 Å². The van der Waals surface area contributed by atoms with E-state index in [1.807, 2.05) is 70.2 Å². The average Bonchev–Trinajstić information content (AvgIpc) is 3.03. The first-order valence-electron chi connectivity index (χ1n) is 15.6. The molecule has 10 heteroatoms. The lowest BCUT2D eigenvalue weighted by Gasteiger charge is -2.34. The van der Waals surface area contributed by atoms with Crippen LogP contribution in [0.5, 0.6) is 0 Å². The zero-order valence-corrected chi connectivity index (χ0v) is 29.5. The molecule has 1 N–H and O–H groups in total. The summed E-state index contributed by atoms with van der Waals surface area (Å²) in [6.07, 6.45) is 1.87. The van der Waals surface area contributed by atoms with Crippen molar-refractivity contribution in [1.29, 1.82) is 0 Å². The molecule has 0 unspecified atom stereocenters. The van der Waals surface area contributed by atoms with Gasteiger partial charge in [-0.1, -0.05) is 108 Å². The maximum atomic E-state index is 14.7. The maximum absolute atomic E-state index is 14.7. The molecule has 4 rings (SSSR count). The number of nitrogens with zero attached hydrogens (tertiary/aromatic N) is 2. The van der Waals surface area contributed by atoms with Crippen molar-refractivity contribution < 1.29 is 18.0 Å². The fourth-order valence-electron chi connectivity index (χ4n) is 5.33. The summed E-state index contributed by atoms with van der Waals surface area (Å²) in [6.45, 7) is 7.50. The van der Waals surface area contributed by atoms with E-state index in [9.17, 15) is 18.0 Å². The second-order valence-electron chi connectivity index (χ2n) is 11.7. The van der Waals surface area contributed by atoms with E-state index in [0.29, 0.717) is 33.4 Å². The number of carbonyl (C=O) groups excluding carboxylic acids is 2. The number of amides is 2. The predicted molar refractivity (Wildman–Crippen MR) is 190 cm³/mol. The maximum Gasteiger partial charge on any atom is 0.264 e. The zero-order valence-electron chi connectivity index (χ0n) is 27.2. The van der Waals surface area contributed by atoms with Gasteiger partial charge >= 0.3 is 0 Å². The molecule has 248 valence electrons. The topological polar surface area (TPSA) is 86.8 Å². The quantitative estimate of drug-likeness (QED) is 0.137. The molecule has 1 atom stereocenters. The number of hydrogen-bond acceptors (Lipinski definition) is 4. The molecule has 4 aromatic carbocycles. The number of nitrogens with one attached hydrogen (secondary N) is 1. The molecule has 0 aliphatic carbocycles. The second kappa shape index (κ2) is 16.3. The number of sulfonamides is 1. The molecule has 4 aromatic rings. The van der Waals surface area contributed by atoms with E-state index in [-0.39, 0.29) is 23.8 Å². The Hall–Kier alpha value is -3.85. The number of halogens is 2. The Kier molecular flexibility index (Phi) is 12.5. The summed E-state index contributed by atoms with van der Waals surface area (Å²) in [6, 6.07) is 25.4. The third kappa shape index (κ3) is 9.37. The van der Waals surface area contributed by atoms with Gasteiger partial charge in [0.15, 0.2) is 0 Å². The summed E-state index contributed by atoms with van der Waals surface area (Å²) in [5.41, 5.74) is 4.35. The van der Waals surface area contributed by atoms with Crippen LogP contribution in [0, 0.1) is 20.8 Å². The minimum absolute atomic E-state index is 0.0428. The van der Waals surface area contributed by atoms with Crippen molar-refractivity contribution in [2.45, 2.75) is 64.4 Å². The smallest absolute Gasteiger partial charge is 0.264 e. The molecule has 0 spiro atoms. The van der Waals surface area contributed by atoms with Gasteiger partial charge in [0.05, 0.1) is 10.6 Å². The Morgan fingerprint density at radius 3 is 2.17 bits per heavy atom. The van der Waals surface area contributed by atoms with E-state index >= 15 is 0 Å². The summed E-state index contributed by atoms with van der Waals surface area (Å²) >= 11 is 12.8. The molecule has 2 amide bonds. The van der Waals surface area contributed by atoms with E-state index in [1.54, 1.807) is 36.4 Å². The van der Waals surface area contributed by atoms with Gasteiger partial charge in [0, 0.05) is 29.6 Å². The lowest BCUT2D eigenvalue weighted by Crippen LogP contribution is -2.53. The van der Waals surface area contributed by atoms with Crippen LogP contribution in [-0.2, 0) is 32.6 Å². The first-order chi connectivity index (χ1) is 22.4. The van der Waals surface area contributed by atoms with Crippen LogP contribution in [0.15, 0.2) is 95.9 Å². The molecule has 0 fully saturated rings. The van der Waals surface area contributed by atoms with Crippen LogP contribution in [0.4, 0.5) is 5.69 Å². The lowest BCUT2D eigenvalue weighted by atomic mass is 10.0. The van der Waals surface area contributed by atoms with E-state index in [2.05, 4.69) is 5.32 Å². The fourth-order valence-corrected chi connectivity index (χ4v) is 7.28. The normalized spacial score (nSPS) is 12.0. The fraction of sp³-hybridized carbons (Fsp3) is 0.297. The number of hydrogen-bond donors (Lipinski definition) is 1. The van der Waals surface area contributed by atoms with E-state index in [1.165, 1.54) is 17.0 Å². The minimum Gasteiger partial charge on any atom is -0.354 e. The van der Waals surface area contributed by atoms with Gasteiger partial charge in [0.2, 0.25) is 11.8 Å². The van der Waals surface area contributed by atoms with E-state index < -0.39 is 28.5 Å². The number of unbranched alkanes of at least 4 members (excludes halogenated alkanes) is 1. The Bertz CT molecular complexity index is 1800. The number of anilines is 1. The lowest BCUT2D eigenvalue weighted by molar-refractivity contribution is -0.140. The molecule has 0 saturated carbocycles. The SMILES string of the molecule is CCCCNC(=O)[C@@H](Cc1ccccc1)N(Cc1ccc(Cl)cc1Cl)C(=O)CN(c1ccc(C)cc1C)S(=O)(=O)c1ccc(C)cc1. The number of carbonyl (C=O) groups is 2. The van der Waals surface area contributed by atoms with Crippen LogP contribution < -0.4 is 9.62 Å².